The minimum atomic E-state index is -4.40. The molecule has 7 nitrogen and oxygen atoms in total. The van der Waals surface area contributed by atoms with E-state index in [1.54, 1.807) is 13.8 Å². The second kappa shape index (κ2) is 7.97. The average molecular weight is 419 g/mol. The maximum atomic E-state index is 12.4. The number of carbonyl (C=O) groups is 1. The number of hydrogen-bond donors (Lipinski definition) is 4. The number of carbonyl (C=O) groups excluding carboxylic acids is 1. The van der Waals surface area contributed by atoms with Gasteiger partial charge in [-0.05, 0) is 20.3 Å². The molecule has 1 aromatic heterocycles. The largest absolute Gasteiger partial charge is 0.395 e. The van der Waals surface area contributed by atoms with E-state index in [9.17, 15) is 32.2 Å². The molecule has 1 heterocycles. The Morgan fingerprint density at radius 2 is 1.77 bits per heavy atom. The van der Waals surface area contributed by atoms with Crippen LogP contribution in [0.3, 0.4) is 0 Å². The molecule has 0 fully saturated rings. The zero-order chi connectivity index (χ0) is 20.4. The minimum Gasteiger partial charge on any atom is -0.395 e. The fourth-order valence-corrected chi connectivity index (χ4v) is 3.98. The molecule has 0 saturated heterocycles. The lowest BCUT2D eigenvalue weighted by Gasteiger charge is -2.45. The van der Waals surface area contributed by atoms with Gasteiger partial charge in [-0.25, -0.2) is 0 Å². The van der Waals surface area contributed by atoms with Crippen molar-refractivity contribution in [3.05, 3.63) is 5.01 Å². The maximum Gasteiger partial charge on any atom is 0.389 e. The van der Waals surface area contributed by atoms with E-state index in [0.29, 0.717) is 5.01 Å². The Bertz CT molecular complexity index is 633. The van der Waals surface area contributed by atoms with Crippen LogP contribution in [0.5, 0.6) is 0 Å². The van der Waals surface area contributed by atoms with Gasteiger partial charge in [0.15, 0.2) is 0 Å². The topological polar surface area (TPSA) is 116 Å². The van der Waals surface area contributed by atoms with Crippen LogP contribution in [-0.4, -0.2) is 53.6 Å². The van der Waals surface area contributed by atoms with Gasteiger partial charge in [-0.15, -0.1) is 10.2 Å². The molecule has 152 valence electrons. The van der Waals surface area contributed by atoms with E-state index in [2.05, 4.69) is 15.5 Å². The number of nitrogens with one attached hydrogen (secondary N) is 1. The van der Waals surface area contributed by atoms with Crippen LogP contribution in [0.15, 0.2) is 0 Å². The third kappa shape index (κ3) is 5.78. The van der Waals surface area contributed by atoms with Crippen molar-refractivity contribution in [3.8, 4) is 0 Å². The molecule has 0 bridgehead atoms. The van der Waals surface area contributed by atoms with Crippen molar-refractivity contribution < 1.29 is 32.2 Å². The zero-order valence-corrected chi connectivity index (χ0v) is 16.6. The number of halogens is 3. The molecule has 0 aliphatic rings. The van der Waals surface area contributed by atoms with Gasteiger partial charge >= 0.3 is 6.18 Å². The van der Waals surface area contributed by atoms with E-state index in [-0.39, 0.29) is 11.7 Å². The summed E-state index contributed by atoms with van der Waals surface area (Å²) in [6, 6.07) is 0. The second-order valence-electron chi connectivity index (χ2n) is 7.01. The molecule has 0 unspecified atom stereocenters. The maximum absolute atomic E-state index is 12.4. The van der Waals surface area contributed by atoms with E-state index < -0.39 is 51.4 Å². The molecule has 0 spiro atoms. The number of aliphatic hydroxyl groups is 1. The molecule has 0 aliphatic heterocycles. The number of anilines is 1. The summed E-state index contributed by atoms with van der Waals surface area (Å²) in [5.74, 6) is -1.32. The number of hydrogen-bond acceptors (Lipinski definition) is 7. The summed E-state index contributed by atoms with van der Waals surface area (Å²) in [4.78, 5) is 12.4. The van der Waals surface area contributed by atoms with Crippen molar-refractivity contribution in [1.82, 2.24) is 10.2 Å². The fourth-order valence-electron chi connectivity index (χ4n) is 1.74. The monoisotopic (exact) mass is 419 g/mol. The molecule has 1 amide bonds. The smallest absolute Gasteiger partial charge is 0.389 e. The quantitative estimate of drug-likeness (QED) is 0.512. The average Bonchev–Trinajstić information content (AvgIpc) is 2.94. The third-order valence-electron chi connectivity index (χ3n) is 3.87. The van der Waals surface area contributed by atoms with Crippen LogP contribution in [0.2, 0.25) is 0 Å². The first-order valence-corrected chi connectivity index (χ1v) is 10.2. The van der Waals surface area contributed by atoms with E-state index >= 15 is 0 Å². The number of nitrogens with zero attached hydrogens (tertiary/aromatic N) is 2. The molecular weight excluding hydrogens is 395 g/mol. The van der Waals surface area contributed by atoms with Crippen LogP contribution >= 0.6 is 21.9 Å². The van der Waals surface area contributed by atoms with Crippen molar-refractivity contribution in [3.63, 3.8) is 0 Å². The predicted octanol–water partition coefficient (Wildman–Crippen LogP) is 3.62. The molecular formula is C14H24F3N3O4S2. The Kier molecular flexibility index (Phi) is 7.07. The van der Waals surface area contributed by atoms with E-state index in [1.165, 1.54) is 13.8 Å². The lowest BCUT2D eigenvalue weighted by atomic mass is 9.96. The second-order valence-corrected chi connectivity index (χ2v) is 10.7. The van der Waals surface area contributed by atoms with Crippen molar-refractivity contribution in [2.45, 2.75) is 56.9 Å². The minimum absolute atomic E-state index is 0.102. The Morgan fingerprint density at radius 3 is 2.27 bits per heavy atom. The molecule has 0 aromatic carbocycles. The molecule has 1 aromatic rings. The fraction of sp³-hybridized carbons (Fsp3) is 0.786. The molecule has 26 heavy (non-hydrogen) atoms. The van der Waals surface area contributed by atoms with Crippen LogP contribution in [-0.2, 0) is 10.2 Å². The highest BCUT2D eigenvalue weighted by Gasteiger charge is 2.42. The molecule has 0 saturated carbocycles. The highest BCUT2D eigenvalue weighted by atomic mass is 32.3. The van der Waals surface area contributed by atoms with Crippen molar-refractivity contribution >= 4 is 33.0 Å². The Labute approximate surface area is 155 Å². The molecule has 0 aliphatic carbocycles. The number of amides is 1. The number of rotatable bonds is 8. The SMILES string of the molecule is CC(C)(CO)c1nnc(NC(=O)C(C)(C)S(O)(O)CCCC(F)(F)F)s1. The lowest BCUT2D eigenvalue weighted by Crippen LogP contribution is -2.42. The van der Waals surface area contributed by atoms with Gasteiger partial charge in [0.05, 0.1) is 6.61 Å². The van der Waals surface area contributed by atoms with Crippen LogP contribution < -0.4 is 5.32 Å². The summed E-state index contributed by atoms with van der Waals surface area (Å²) < 4.78 is 55.4. The summed E-state index contributed by atoms with van der Waals surface area (Å²) in [6.07, 6.45) is -6.04. The van der Waals surface area contributed by atoms with Gasteiger partial charge in [-0.3, -0.25) is 19.2 Å². The summed E-state index contributed by atoms with van der Waals surface area (Å²) in [6.45, 7) is 5.80. The zero-order valence-electron chi connectivity index (χ0n) is 14.9. The van der Waals surface area contributed by atoms with Gasteiger partial charge in [0, 0.05) is 17.6 Å². The molecule has 4 N–H and O–H groups in total. The number of aromatic nitrogens is 2. The first-order valence-electron chi connectivity index (χ1n) is 7.71. The third-order valence-corrected chi connectivity index (χ3v) is 7.76. The van der Waals surface area contributed by atoms with Gasteiger partial charge in [0.25, 0.3) is 5.91 Å². The Morgan fingerprint density at radius 1 is 1.19 bits per heavy atom. The van der Waals surface area contributed by atoms with Crippen LogP contribution in [0.1, 0.15) is 45.5 Å². The van der Waals surface area contributed by atoms with Crippen molar-refractivity contribution in [2.24, 2.45) is 0 Å². The normalized spacial score (nSPS) is 14.4. The van der Waals surface area contributed by atoms with Crippen LogP contribution in [0.4, 0.5) is 18.3 Å². The molecule has 0 radical (unpaired) electrons. The van der Waals surface area contributed by atoms with Crippen LogP contribution in [0.25, 0.3) is 0 Å². The molecule has 1 rings (SSSR count). The van der Waals surface area contributed by atoms with Crippen molar-refractivity contribution in [2.75, 3.05) is 17.7 Å². The molecule has 0 atom stereocenters. The predicted molar refractivity (Wildman–Crippen MR) is 95.7 cm³/mol. The summed E-state index contributed by atoms with van der Waals surface area (Å²) in [5, 5.41) is 20.0. The summed E-state index contributed by atoms with van der Waals surface area (Å²) in [5.41, 5.74) is -0.656. The first-order chi connectivity index (χ1) is 11.6. The van der Waals surface area contributed by atoms with E-state index in [1.807, 2.05) is 0 Å². The Hall–Kier alpha value is -0.950. The van der Waals surface area contributed by atoms with Crippen molar-refractivity contribution in [1.29, 1.82) is 0 Å². The number of alkyl halides is 3. The summed E-state index contributed by atoms with van der Waals surface area (Å²) >= 11 is 1.02. The summed E-state index contributed by atoms with van der Waals surface area (Å²) in [7, 11) is -3.62. The van der Waals surface area contributed by atoms with Gasteiger partial charge in [0.1, 0.15) is 9.75 Å². The lowest BCUT2D eigenvalue weighted by molar-refractivity contribution is -0.134. The van der Waals surface area contributed by atoms with E-state index in [4.69, 9.17) is 0 Å². The Balaban J connectivity index is 2.80. The molecule has 12 heteroatoms. The van der Waals surface area contributed by atoms with Gasteiger partial charge in [0.2, 0.25) is 5.13 Å². The van der Waals surface area contributed by atoms with E-state index in [0.717, 1.165) is 11.3 Å². The van der Waals surface area contributed by atoms with Gasteiger partial charge in [-0.1, -0.05) is 25.2 Å². The van der Waals surface area contributed by atoms with Gasteiger partial charge < -0.3 is 5.11 Å². The first kappa shape index (κ1) is 23.1. The van der Waals surface area contributed by atoms with Gasteiger partial charge in [-0.2, -0.15) is 23.8 Å². The highest BCUT2D eigenvalue weighted by molar-refractivity contribution is 8.26. The number of aliphatic hydroxyl groups excluding tert-OH is 1. The highest BCUT2D eigenvalue weighted by Crippen LogP contribution is 2.53. The van der Waals surface area contributed by atoms with Crippen LogP contribution in [0, 0.1) is 0 Å². The standard InChI is InChI=1S/C14H24F3N3O4S2/c1-12(2,8-21)10-19-20-11(25-10)18-9(22)13(3,4)26(23,24)7-5-6-14(15,16)17/h21,23-24H,5-8H2,1-4H3,(H,18,20,22).